The number of hydrogen-bond acceptors (Lipinski definition) is 7. The largest absolute Gasteiger partial charge is 0.418 e. The lowest BCUT2D eigenvalue weighted by Crippen LogP contribution is -2.22. The van der Waals surface area contributed by atoms with Gasteiger partial charge in [0.2, 0.25) is 6.04 Å². The molecule has 0 fully saturated rings. The molecule has 0 aliphatic carbocycles. The Morgan fingerprint density at radius 1 is 0.977 bits per heavy atom. The number of nitrogens with one attached hydrogen (secondary N) is 1. The summed E-state index contributed by atoms with van der Waals surface area (Å²) in [4.78, 5) is 22.5. The number of fused-ring (bicyclic) bond motifs is 4. The molecule has 1 N–H and O–H groups in total. The highest BCUT2D eigenvalue weighted by atomic mass is 32.1. The lowest BCUT2D eigenvalue weighted by atomic mass is 9.97. The molecule has 1 unspecified atom stereocenters. The van der Waals surface area contributed by atoms with Crippen LogP contribution in [0, 0.1) is 20.8 Å². The van der Waals surface area contributed by atoms with Crippen molar-refractivity contribution in [1.82, 2.24) is 29.4 Å². The average Bonchev–Trinajstić information content (AvgIpc) is 3.65. The Morgan fingerprint density at radius 2 is 1.75 bits per heavy atom. The average molecular weight is 613 g/mol. The first-order valence-corrected chi connectivity index (χ1v) is 14.4. The van der Waals surface area contributed by atoms with E-state index in [4.69, 9.17) is 0 Å². The quantitative estimate of drug-likeness (QED) is 0.240. The number of halogens is 3. The van der Waals surface area contributed by atoms with Crippen molar-refractivity contribution in [2.75, 3.05) is 5.32 Å². The van der Waals surface area contributed by atoms with E-state index in [0.717, 1.165) is 21.6 Å². The standard InChI is InChI=1S/C31H23F3N8OS/c1-16-17(2)44-30-24(16)25(38-26(31(32,33)34)28-40-39-18(3)42(28)30)20-10-8-19(9-11-20)21-6-4-7-22(14-21)37-29(43)23-15-36-41-13-5-12-35-27(23)41/h4-15,26H,1-3H3,(H,37,43). The maximum Gasteiger partial charge on any atom is 0.418 e. The number of carbonyl (C=O) groups is 1. The molecule has 2 aromatic carbocycles. The minimum Gasteiger partial charge on any atom is -0.322 e. The Hall–Kier alpha value is -5.17. The van der Waals surface area contributed by atoms with Crippen LogP contribution in [-0.4, -0.2) is 47.2 Å². The van der Waals surface area contributed by atoms with E-state index in [0.29, 0.717) is 38.9 Å². The van der Waals surface area contributed by atoms with Gasteiger partial charge in [-0.3, -0.25) is 14.4 Å². The molecule has 4 aromatic heterocycles. The number of nitrogens with zero attached hydrogens (tertiary/aromatic N) is 7. The summed E-state index contributed by atoms with van der Waals surface area (Å²) in [5.74, 6) is -0.226. The minimum absolute atomic E-state index is 0.247. The maximum atomic E-state index is 14.4. The number of alkyl halides is 3. The maximum absolute atomic E-state index is 14.4. The number of thiophene rings is 1. The zero-order chi connectivity index (χ0) is 30.7. The Balaban J connectivity index is 1.23. The van der Waals surface area contributed by atoms with Gasteiger partial charge < -0.3 is 5.32 Å². The van der Waals surface area contributed by atoms with E-state index in [1.807, 2.05) is 44.2 Å². The summed E-state index contributed by atoms with van der Waals surface area (Å²) in [5.41, 5.74) is 5.29. The molecule has 0 radical (unpaired) electrons. The third kappa shape index (κ3) is 4.56. The smallest absolute Gasteiger partial charge is 0.322 e. The summed E-state index contributed by atoms with van der Waals surface area (Å²) in [6.07, 6.45) is 0.106. The van der Waals surface area contributed by atoms with Crippen molar-refractivity contribution in [1.29, 1.82) is 0 Å². The number of aryl methyl sites for hydroxylation is 2. The molecule has 6 aromatic rings. The second-order valence-corrected chi connectivity index (χ2v) is 11.6. The first-order chi connectivity index (χ1) is 21.1. The second-order valence-electron chi connectivity index (χ2n) is 10.4. The molecule has 1 amide bonds. The number of rotatable bonds is 4. The number of amides is 1. The van der Waals surface area contributed by atoms with Crippen LogP contribution < -0.4 is 5.32 Å². The van der Waals surface area contributed by atoms with E-state index in [1.54, 1.807) is 43.6 Å². The van der Waals surface area contributed by atoms with Gasteiger partial charge in [-0.05, 0) is 55.7 Å². The van der Waals surface area contributed by atoms with Gasteiger partial charge in [0.25, 0.3) is 5.91 Å². The van der Waals surface area contributed by atoms with Gasteiger partial charge in [-0.2, -0.15) is 18.3 Å². The highest BCUT2D eigenvalue weighted by Crippen LogP contribution is 2.43. The lowest BCUT2D eigenvalue weighted by molar-refractivity contribution is -0.150. The molecule has 0 spiro atoms. The van der Waals surface area contributed by atoms with Crippen LogP contribution >= 0.6 is 11.3 Å². The van der Waals surface area contributed by atoms with Crippen LogP contribution in [0.5, 0.6) is 0 Å². The second kappa shape index (κ2) is 10.2. The fourth-order valence-electron chi connectivity index (χ4n) is 5.32. The van der Waals surface area contributed by atoms with Gasteiger partial charge in [-0.15, -0.1) is 21.5 Å². The fraction of sp³-hybridized carbons (Fsp3) is 0.161. The molecule has 9 nitrogen and oxygen atoms in total. The molecule has 7 rings (SSSR count). The Kier molecular flexibility index (Phi) is 6.43. The number of carbonyl (C=O) groups excluding carboxylic acids is 1. The monoisotopic (exact) mass is 612 g/mol. The van der Waals surface area contributed by atoms with Crippen LogP contribution in [0.4, 0.5) is 18.9 Å². The molecule has 44 heavy (non-hydrogen) atoms. The van der Waals surface area contributed by atoms with Crippen LogP contribution in [0.1, 0.15) is 49.6 Å². The number of hydrogen-bond donors (Lipinski definition) is 1. The van der Waals surface area contributed by atoms with Crippen molar-refractivity contribution in [2.45, 2.75) is 33.0 Å². The Labute approximate surface area is 252 Å². The molecule has 220 valence electrons. The molecular weight excluding hydrogens is 589 g/mol. The van der Waals surface area contributed by atoms with Gasteiger partial charge in [0, 0.05) is 34.1 Å². The lowest BCUT2D eigenvalue weighted by Gasteiger charge is -2.16. The van der Waals surface area contributed by atoms with Crippen molar-refractivity contribution in [2.24, 2.45) is 4.99 Å². The van der Waals surface area contributed by atoms with Crippen LogP contribution in [-0.2, 0) is 0 Å². The zero-order valence-corrected chi connectivity index (χ0v) is 24.4. The van der Waals surface area contributed by atoms with E-state index >= 15 is 0 Å². The predicted octanol–water partition coefficient (Wildman–Crippen LogP) is 6.67. The van der Waals surface area contributed by atoms with Gasteiger partial charge >= 0.3 is 6.18 Å². The molecule has 0 saturated carbocycles. The predicted molar refractivity (Wildman–Crippen MR) is 161 cm³/mol. The summed E-state index contributed by atoms with van der Waals surface area (Å²) in [7, 11) is 0. The van der Waals surface area contributed by atoms with E-state index in [9.17, 15) is 18.0 Å². The van der Waals surface area contributed by atoms with E-state index in [1.165, 1.54) is 26.6 Å². The van der Waals surface area contributed by atoms with Crippen molar-refractivity contribution in [3.05, 3.63) is 112 Å². The van der Waals surface area contributed by atoms with E-state index < -0.39 is 12.2 Å². The van der Waals surface area contributed by atoms with Crippen LogP contribution in [0.2, 0.25) is 0 Å². The first-order valence-electron chi connectivity index (χ1n) is 13.6. The molecule has 1 aliphatic rings. The normalized spacial score (nSPS) is 14.6. The van der Waals surface area contributed by atoms with Crippen LogP contribution in [0.3, 0.4) is 0 Å². The summed E-state index contributed by atoms with van der Waals surface area (Å²) >= 11 is 1.40. The van der Waals surface area contributed by atoms with E-state index in [-0.39, 0.29) is 17.4 Å². The molecule has 0 saturated heterocycles. The summed E-state index contributed by atoms with van der Waals surface area (Å²) in [5, 5.41) is 15.5. The van der Waals surface area contributed by atoms with Gasteiger partial charge in [0.1, 0.15) is 16.4 Å². The van der Waals surface area contributed by atoms with Gasteiger partial charge in [-0.25, -0.2) is 9.50 Å². The van der Waals surface area contributed by atoms with Crippen molar-refractivity contribution in [3.8, 4) is 16.1 Å². The summed E-state index contributed by atoms with van der Waals surface area (Å²) in [6, 6.07) is 14.1. The molecule has 0 bridgehead atoms. The molecule has 1 atom stereocenters. The van der Waals surface area contributed by atoms with Crippen LogP contribution in [0.25, 0.3) is 21.8 Å². The topological polar surface area (TPSA) is 102 Å². The fourth-order valence-corrected chi connectivity index (χ4v) is 6.54. The molecule has 13 heteroatoms. The third-order valence-corrected chi connectivity index (χ3v) is 8.80. The van der Waals surface area contributed by atoms with E-state index in [2.05, 4.69) is 30.6 Å². The van der Waals surface area contributed by atoms with Gasteiger partial charge in [-0.1, -0.05) is 36.4 Å². The third-order valence-electron chi connectivity index (χ3n) is 7.61. The van der Waals surface area contributed by atoms with Crippen molar-refractivity contribution >= 4 is 34.3 Å². The number of anilines is 1. The summed E-state index contributed by atoms with van der Waals surface area (Å²) < 4.78 is 46.1. The van der Waals surface area contributed by atoms with Gasteiger partial charge in [0.15, 0.2) is 11.5 Å². The van der Waals surface area contributed by atoms with Gasteiger partial charge in [0.05, 0.1) is 11.9 Å². The molecular formula is C31H23F3N8OS. The highest BCUT2D eigenvalue weighted by molar-refractivity contribution is 7.15. The number of aliphatic imine (C=N–C) groups is 1. The number of benzene rings is 2. The Morgan fingerprint density at radius 3 is 2.52 bits per heavy atom. The molecule has 5 heterocycles. The number of aromatic nitrogens is 6. The molecule has 1 aliphatic heterocycles. The van der Waals surface area contributed by atoms with Crippen LogP contribution in [0.15, 0.2) is 78.2 Å². The van der Waals surface area contributed by atoms with Crippen molar-refractivity contribution < 1.29 is 18.0 Å². The zero-order valence-electron chi connectivity index (χ0n) is 23.6. The summed E-state index contributed by atoms with van der Waals surface area (Å²) in [6.45, 7) is 5.47. The first kappa shape index (κ1) is 27.7. The minimum atomic E-state index is -4.66. The van der Waals surface area contributed by atoms with Crippen molar-refractivity contribution in [3.63, 3.8) is 0 Å². The SMILES string of the molecule is Cc1sc2c(c1C)C(c1ccc(-c3cccc(NC(=O)c4cnn5cccnc45)c3)cc1)=NC(C(F)(F)F)c1nnc(C)n1-2. The highest BCUT2D eigenvalue weighted by Gasteiger charge is 2.47. The Bertz CT molecular complexity index is 2110.